The van der Waals surface area contributed by atoms with Gasteiger partial charge in [0.1, 0.15) is 18.8 Å². The van der Waals surface area contributed by atoms with Crippen LogP contribution in [0.5, 0.6) is 0 Å². The monoisotopic (exact) mass is 444 g/mol. The number of ether oxygens (including phenoxy) is 3. The van der Waals surface area contributed by atoms with E-state index < -0.39 is 42.6 Å². The molecule has 1 heterocycles. The van der Waals surface area contributed by atoms with Gasteiger partial charge < -0.3 is 19.3 Å². The molecule has 7 heteroatoms. The maximum Gasteiger partial charge on any atom is 0.337 e. The highest BCUT2D eigenvalue weighted by Crippen LogP contribution is 2.36. The van der Waals surface area contributed by atoms with Gasteiger partial charge in [-0.2, -0.15) is 0 Å². The Morgan fingerprint density at radius 1 is 1.19 bits per heavy atom. The molecule has 2 rings (SSSR count). The van der Waals surface area contributed by atoms with Gasteiger partial charge in [0, 0.05) is 12.0 Å². The summed E-state index contributed by atoms with van der Waals surface area (Å²) >= 11 is 0. The fourth-order valence-corrected chi connectivity index (χ4v) is 3.72. The van der Waals surface area contributed by atoms with Crippen LogP contribution in [0.3, 0.4) is 0 Å². The van der Waals surface area contributed by atoms with Crippen molar-refractivity contribution in [2.24, 2.45) is 5.92 Å². The number of esters is 3. The Bertz CT molecular complexity index is 888. The molecular weight excluding hydrogens is 412 g/mol. The lowest BCUT2D eigenvalue weighted by Crippen LogP contribution is -2.34. The van der Waals surface area contributed by atoms with Crippen LogP contribution >= 0.6 is 0 Å². The molecule has 32 heavy (non-hydrogen) atoms. The first kappa shape index (κ1) is 25.3. The number of hydrogen-bond donors (Lipinski definition) is 1. The van der Waals surface area contributed by atoms with Crippen molar-refractivity contribution in [3.05, 3.63) is 58.7 Å². The lowest BCUT2D eigenvalue weighted by atomic mass is 9.85. The number of aliphatic hydroxyl groups excluding tert-OH is 1. The van der Waals surface area contributed by atoms with Crippen LogP contribution in [0.15, 0.2) is 58.7 Å². The van der Waals surface area contributed by atoms with Gasteiger partial charge in [-0.25, -0.2) is 14.4 Å². The standard InChI is InChI=1S/C25H32O7/c1-6-18(13-26)24(28)30-14-19(7-2)25(29)32-21-12-16(4)10-8-9-15(3)11-20-22(21)17(5)23(27)31-20/h6-7,10-11,20-22,26H,5,8-9,12-14H2,1-4H3/b15-11+,16-10+,18-6+,19-7+/t20-,21+,22-/m0/s1. The van der Waals surface area contributed by atoms with Gasteiger partial charge in [0.05, 0.1) is 23.7 Å². The van der Waals surface area contributed by atoms with E-state index in [2.05, 4.69) is 12.7 Å². The van der Waals surface area contributed by atoms with E-state index in [1.54, 1.807) is 13.8 Å². The largest absolute Gasteiger partial charge is 0.458 e. The van der Waals surface area contributed by atoms with Crippen LogP contribution in [0, 0.1) is 5.92 Å². The predicted molar refractivity (Wildman–Crippen MR) is 119 cm³/mol. The van der Waals surface area contributed by atoms with E-state index in [1.165, 1.54) is 12.2 Å². The van der Waals surface area contributed by atoms with E-state index in [1.807, 2.05) is 19.9 Å². The van der Waals surface area contributed by atoms with Crippen molar-refractivity contribution < 1.29 is 33.7 Å². The van der Waals surface area contributed by atoms with Gasteiger partial charge in [-0.1, -0.05) is 36.0 Å². The van der Waals surface area contributed by atoms with E-state index in [4.69, 9.17) is 14.2 Å². The van der Waals surface area contributed by atoms with Crippen molar-refractivity contribution in [3.63, 3.8) is 0 Å². The second kappa shape index (κ2) is 11.6. The van der Waals surface area contributed by atoms with Crippen LogP contribution in [0.25, 0.3) is 0 Å². The number of rotatable bonds is 6. The summed E-state index contributed by atoms with van der Waals surface area (Å²) in [4.78, 5) is 37.2. The Hall–Kier alpha value is -2.93. The first-order chi connectivity index (χ1) is 15.2. The average molecular weight is 445 g/mol. The molecule has 1 aliphatic carbocycles. The maximum atomic E-state index is 12.9. The third kappa shape index (κ3) is 6.29. The molecule has 1 N–H and O–H groups in total. The average Bonchev–Trinajstić information content (AvgIpc) is 3.01. The molecule has 0 radical (unpaired) electrons. The van der Waals surface area contributed by atoms with Crippen LogP contribution in [0.1, 0.15) is 47.0 Å². The zero-order valence-electron chi connectivity index (χ0n) is 19.2. The molecular formula is C25H32O7. The van der Waals surface area contributed by atoms with Gasteiger partial charge in [0.25, 0.3) is 0 Å². The summed E-state index contributed by atoms with van der Waals surface area (Å²) in [5.41, 5.74) is 2.66. The van der Waals surface area contributed by atoms with Gasteiger partial charge in [0.15, 0.2) is 0 Å². The SMILES string of the molecule is C=C1C(=O)O[C@H]2/C=C(\C)CC/C=C(\C)C[C@@H](OC(=O)/C(=C/C)COC(=O)/C(=C/C)CO)[C@@H]12. The second-order valence-electron chi connectivity index (χ2n) is 8.03. The van der Waals surface area contributed by atoms with Gasteiger partial charge in [-0.3, -0.25) is 0 Å². The first-order valence-corrected chi connectivity index (χ1v) is 10.7. The van der Waals surface area contributed by atoms with E-state index >= 15 is 0 Å². The van der Waals surface area contributed by atoms with Crippen molar-refractivity contribution in [1.29, 1.82) is 0 Å². The third-order valence-corrected chi connectivity index (χ3v) is 5.67. The molecule has 1 aliphatic heterocycles. The number of allylic oxidation sites excluding steroid dienone is 4. The van der Waals surface area contributed by atoms with Crippen LogP contribution in [-0.2, 0) is 28.6 Å². The fourth-order valence-electron chi connectivity index (χ4n) is 3.72. The molecule has 0 bridgehead atoms. The number of aliphatic hydroxyl groups is 1. The summed E-state index contributed by atoms with van der Waals surface area (Å²) in [5, 5.41) is 9.18. The van der Waals surface area contributed by atoms with Gasteiger partial charge in [0.2, 0.25) is 0 Å². The van der Waals surface area contributed by atoms with Gasteiger partial charge >= 0.3 is 17.9 Å². The number of hydrogen-bond acceptors (Lipinski definition) is 7. The second-order valence-corrected chi connectivity index (χ2v) is 8.03. The Balaban J connectivity index is 2.22. The van der Waals surface area contributed by atoms with Crippen LogP contribution in [0.4, 0.5) is 0 Å². The molecule has 174 valence electrons. The molecule has 0 aromatic rings. The number of carbonyl (C=O) groups excluding carboxylic acids is 3. The topological polar surface area (TPSA) is 99.1 Å². The van der Waals surface area contributed by atoms with E-state index in [0.29, 0.717) is 6.42 Å². The summed E-state index contributed by atoms with van der Waals surface area (Å²) in [7, 11) is 0. The lowest BCUT2D eigenvalue weighted by molar-refractivity contribution is -0.148. The molecule has 1 saturated heterocycles. The molecule has 3 atom stereocenters. The van der Waals surface area contributed by atoms with Crippen LogP contribution in [-0.4, -0.2) is 48.4 Å². The summed E-state index contributed by atoms with van der Waals surface area (Å²) in [6, 6.07) is 0. The summed E-state index contributed by atoms with van der Waals surface area (Å²) in [6.07, 6.45) is 7.88. The normalized spacial score (nSPS) is 28.0. The number of fused-ring (bicyclic) bond motifs is 1. The van der Waals surface area contributed by atoms with Crippen molar-refractivity contribution in [2.45, 2.75) is 59.2 Å². The van der Waals surface area contributed by atoms with Crippen molar-refractivity contribution >= 4 is 17.9 Å². The highest BCUT2D eigenvalue weighted by atomic mass is 16.6. The molecule has 7 nitrogen and oxygen atoms in total. The van der Waals surface area contributed by atoms with Crippen LogP contribution in [0.2, 0.25) is 0 Å². The number of carbonyl (C=O) groups is 3. The van der Waals surface area contributed by atoms with E-state index in [-0.39, 0.29) is 23.3 Å². The smallest absolute Gasteiger partial charge is 0.337 e. The first-order valence-electron chi connectivity index (χ1n) is 10.7. The lowest BCUT2D eigenvalue weighted by Gasteiger charge is -2.27. The molecule has 0 amide bonds. The van der Waals surface area contributed by atoms with Crippen molar-refractivity contribution in [2.75, 3.05) is 13.2 Å². The minimum atomic E-state index is -0.705. The third-order valence-electron chi connectivity index (χ3n) is 5.67. The summed E-state index contributed by atoms with van der Waals surface area (Å²) < 4.78 is 16.5. The highest BCUT2D eigenvalue weighted by Gasteiger charge is 2.44. The molecule has 0 spiro atoms. The molecule has 2 aliphatic rings. The molecule has 0 aromatic carbocycles. The van der Waals surface area contributed by atoms with E-state index in [0.717, 1.165) is 24.0 Å². The van der Waals surface area contributed by atoms with Crippen molar-refractivity contribution in [3.8, 4) is 0 Å². The quantitative estimate of drug-likeness (QED) is 0.290. The molecule has 1 fully saturated rings. The fraction of sp³-hybridized carbons (Fsp3) is 0.480. The summed E-state index contributed by atoms with van der Waals surface area (Å²) in [6.45, 7) is 10.3. The highest BCUT2D eigenvalue weighted by molar-refractivity contribution is 5.93. The Kier molecular flexibility index (Phi) is 9.20. The zero-order chi connectivity index (χ0) is 23.8. The zero-order valence-corrected chi connectivity index (χ0v) is 19.2. The Morgan fingerprint density at radius 2 is 1.88 bits per heavy atom. The van der Waals surface area contributed by atoms with Gasteiger partial charge in [-0.15, -0.1) is 0 Å². The molecule has 0 saturated carbocycles. The Morgan fingerprint density at radius 3 is 2.50 bits per heavy atom. The maximum absolute atomic E-state index is 12.9. The molecule has 0 unspecified atom stereocenters. The van der Waals surface area contributed by atoms with Gasteiger partial charge in [-0.05, 0) is 46.6 Å². The molecule has 0 aromatic heterocycles. The minimum absolute atomic E-state index is 0.102. The Labute approximate surface area is 189 Å². The predicted octanol–water partition coefficient (Wildman–Crippen LogP) is 3.50. The van der Waals surface area contributed by atoms with Crippen molar-refractivity contribution in [1.82, 2.24) is 0 Å². The summed E-state index contributed by atoms with van der Waals surface area (Å²) in [5.74, 6) is -2.35. The van der Waals surface area contributed by atoms with E-state index in [9.17, 15) is 19.5 Å². The van der Waals surface area contributed by atoms with Crippen LogP contribution < -0.4 is 0 Å². The minimum Gasteiger partial charge on any atom is -0.458 e.